The molecule has 5 aliphatic heterocycles. The Morgan fingerprint density at radius 3 is 2.54 bits per heavy atom. The second kappa shape index (κ2) is 18.6. The number of hydrogen-bond donors (Lipinski definition) is 4. The van der Waals surface area contributed by atoms with Crippen LogP contribution >= 0.6 is 11.3 Å². The van der Waals surface area contributed by atoms with Gasteiger partial charge < -0.3 is 40.2 Å². The highest BCUT2D eigenvalue weighted by Crippen LogP contribution is 2.60. The number of carbonyl (C=O) groups excluding carboxylic acids is 4. The molecule has 8 rings (SSSR count). The summed E-state index contributed by atoms with van der Waals surface area (Å²) in [5.74, 6) is -0.790. The number of ether oxygens (including phenoxy) is 3. The highest BCUT2D eigenvalue weighted by Gasteiger charge is 2.69. The minimum Gasteiger partial charge on any atom is -0.449 e. The zero-order chi connectivity index (χ0) is 43.7. The molecule has 61 heavy (non-hydrogen) atoms. The van der Waals surface area contributed by atoms with Crippen molar-refractivity contribution in [2.45, 2.75) is 155 Å². The summed E-state index contributed by atoms with van der Waals surface area (Å²) in [6.45, 7) is 14.7. The lowest BCUT2D eigenvalue weighted by atomic mass is 9.57. The Morgan fingerprint density at radius 1 is 1.05 bits per heavy atom. The zero-order valence-corrected chi connectivity index (χ0v) is 37.5. The van der Waals surface area contributed by atoms with Crippen molar-refractivity contribution in [3.63, 3.8) is 0 Å². The van der Waals surface area contributed by atoms with Gasteiger partial charge in [0.15, 0.2) is 11.9 Å². The first-order valence-corrected chi connectivity index (χ1v) is 23.0. The number of aliphatic hydroxyl groups is 1. The first kappa shape index (κ1) is 45.4. The predicted octanol–water partition coefficient (Wildman–Crippen LogP) is 5.76. The number of nitrogens with one attached hydrogen (secondary N) is 3. The van der Waals surface area contributed by atoms with Gasteiger partial charge in [0.25, 0.3) is 0 Å². The summed E-state index contributed by atoms with van der Waals surface area (Å²) < 4.78 is 18.6. The van der Waals surface area contributed by atoms with Crippen LogP contribution in [0.2, 0.25) is 0 Å². The molecule has 6 aliphatic rings. The van der Waals surface area contributed by atoms with Gasteiger partial charge in [-0.1, -0.05) is 58.9 Å². The first-order chi connectivity index (χ1) is 29.0. The van der Waals surface area contributed by atoms with Crippen LogP contribution < -0.4 is 16.0 Å². The summed E-state index contributed by atoms with van der Waals surface area (Å²) in [4.78, 5) is 72.2. The van der Waals surface area contributed by atoms with Gasteiger partial charge in [-0.25, -0.2) is 19.6 Å². The fourth-order valence-corrected chi connectivity index (χ4v) is 11.1. The molecule has 15 nitrogen and oxygen atoms in total. The number of aromatic nitrogens is 1. The van der Waals surface area contributed by atoms with E-state index in [-0.39, 0.29) is 68.2 Å². The van der Waals surface area contributed by atoms with Crippen LogP contribution in [0.25, 0.3) is 10.4 Å². The first-order valence-electron chi connectivity index (χ1n) is 22.1. The highest BCUT2D eigenvalue weighted by molar-refractivity contribution is 7.13. The number of amides is 4. The van der Waals surface area contributed by atoms with E-state index < -0.39 is 53.3 Å². The molecular weight excluding hydrogens is 803 g/mol. The van der Waals surface area contributed by atoms with E-state index in [1.807, 2.05) is 64.4 Å². The van der Waals surface area contributed by atoms with Crippen LogP contribution in [-0.4, -0.2) is 100 Å². The summed E-state index contributed by atoms with van der Waals surface area (Å²) in [6.07, 6.45) is 3.51. The van der Waals surface area contributed by atoms with Crippen molar-refractivity contribution in [3.05, 3.63) is 41.0 Å². The summed E-state index contributed by atoms with van der Waals surface area (Å²) in [5, 5.41) is 19.2. The predicted molar refractivity (Wildman–Crippen MR) is 226 cm³/mol. The summed E-state index contributed by atoms with van der Waals surface area (Å²) >= 11 is 1.57. The Balaban J connectivity index is 0.824. The monoisotopic (exact) mass is 867 g/mol. The van der Waals surface area contributed by atoms with Gasteiger partial charge in [0.1, 0.15) is 12.1 Å². The number of benzene rings is 1. The highest BCUT2D eigenvalue weighted by atomic mass is 32.1. The minimum absolute atomic E-state index is 0.00344. The summed E-state index contributed by atoms with van der Waals surface area (Å²) in [7, 11) is 0. The van der Waals surface area contributed by atoms with Gasteiger partial charge in [-0.15, -0.1) is 11.3 Å². The minimum atomic E-state index is -0.922. The molecule has 336 valence electrons. The van der Waals surface area contributed by atoms with Crippen LogP contribution in [-0.2, 0) is 44.9 Å². The van der Waals surface area contributed by atoms with E-state index in [2.05, 4.69) is 34.8 Å². The molecule has 4 amide bonds. The van der Waals surface area contributed by atoms with E-state index in [0.29, 0.717) is 31.7 Å². The number of hydrogen-bond acceptors (Lipinski definition) is 12. The topological polar surface area (TPSA) is 187 Å². The lowest BCUT2D eigenvalue weighted by molar-refractivity contribution is -0.571. The molecule has 1 aliphatic carbocycles. The maximum Gasteiger partial charge on any atom is 0.407 e. The number of thiazole rings is 1. The normalized spacial score (nSPS) is 32.4. The molecule has 4 N–H and O–H groups in total. The van der Waals surface area contributed by atoms with Gasteiger partial charge in [0.05, 0.1) is 34.9 Å². The third-order valence-electron chi connectivity index (χ3n) is 13.7. The molecule has 2 bridgehead atoms. The Bertz CT molecular complexity index is 1890. The number of fused-ring (bicyclic) bond motifs is 2. The molecule has 5 saturated heterocycles. The van der Waals surface area contributed by atoms with E-state index in [4.69, 9.17) is 24.0 Å². The van der Waals surface area contributed by atoms with Gasteiger partial charge in [-0.2, -0.15) is 0 Å². The SMILES string of the molecule is Cc1ncsc1-c1ccc(CNC(=O)[C@@H]2C[C@@H](O)CN2C(=O)[C@@H](NC(=O)CCCCNC(=O)OCC[C@H]2O[C@@H]3O[C@@]4(C)CC[C@H]5[C@H](C)CC[C@@H]([C@H]2C)[C@@]35OO4)C(C)(C)C)cc1. The Hall–Kier alpha value is -3.67. The third kappa shape index (κ3) is 9.79. The summed E-state index contributed by atoms with van der Waals surface area (Å²) in [6, 6.07) is 6.09. The standard InChI is InChI=1S/C45H65N5O10S/c1-26-11-16-33-27(2)35(57-41-45(33)32(26)17-19-44(7,58-41)59-60-45)18-21-56-42(55)46-20-9-8-10-36(52)49-38(43(4,5)6)40(54)50-24-31(51)22-34(50)39(53)47-23-29-12-14-30(15-13-29)37-28(3)48-25-61-37/h12-15,25-27,31-35,38,41,51H,8-11,16-24H2,1-7H3,(H,46,55)(H,47,53)(H,49,52)/t26-,27-,31-,32+,33+,34+,35-,38-,41-,44-,45-/m1/s1. The van der Waals surface area contributed by atoms with Crippen molar-refractivity contribution < 1.29 is 48.3 Å². The van der Waals surface area contributed by atoms with Crippen LogP contribution in [0, 0.1) is 36.0 Å². The summed E-state index contributed by atoms with van der Waals surface area (Å²) in [5.41, 5.74) is 3.43. The van der Waals surface area contributed by atoms with Gasteiger partial charge in [-0.05, 0) is 80.2 Å². The van der Waals surface area contributed by atoms with Crippen LogP contribution in [0.5, 0.6) is 0 Å². The number of alkyl carbamates (subject to hydrolysis) is 1. The molecule has 6 fully saturated rings. The fourth-order valence-electron chi connectivity index (χ4n) is 10.2. The average Bonchev–Trinajstić information content (AvgIpc) is 3.76. The van der Waals surface area contributed by atoms with Gasteiger partial charge in [-0.3, -0.25) is 14.4 Å². The lowest BCUT2D eigenvalue weighted by Crippen LogP contribution is -2.70. The zero-order valence-electron chi connectivity index (χ0n) is 36.7. The molecule has 1 aromatic heterocycles. The number of β-amino-alcohol motifs (C(OH)–C–C–N with tert-alkyl or cyclic N) is 1. The Kier molecular flexibility index (Phi) is 13.8. The molecular formula is C45H65N5O10S. The molecule has 11 atom stereocenters. The maximum absolute atomic E-state index is 14.0. The number of aryl methyl sites for hydroxylation is 1. The molecule has 6 heterocycles. The van der Waals surface area contributed by atoms with Crippen LogP contribution in [0.1, 0.15) is 111 Å². The Labute approximate surface area is 363 Å². The van der Waals surface area contributed by atoms with E-state index in [1.54, 1.807) is 11.3 Å². The van der Waals surface area contributed by atoms with E-state index in [1.165, 1.54) is 4.90 Å². The molecule has 1 spiro atoms. The van der Waals surface area contributed by atoms with Crippen LogP contribution in [0.3, 0.4) is 0 Å². The van der Waals surface area contributed by atoms with Crippen molar-refractivity contribution >= 4 is 35.2 Å². The van der Waals surface area contributed by atoms with Crippen molar-refractivity contribution in [3.8, 4) is 10.4 Å². The average molecular weight is 868 g/mol. The molecule has 2 aromatic rings. The smallest absolute Gasteiger partial charge is 0.407 e. The van der Waals surface area contributed by atoms with Crippen LogP contribution in [0.4, 0.5) is 4.79 Å². The molecule has 0 radical (unpaired) electrons. The molecule has 0 unspecified atom stereocenters. The second-order valence-electron chi connectivity index (χ2n) is 19.2. The van der Waals surface area contributed by atoms with Crippen molar-refractivity contribution in [1.29, 1.82) is 0 Å². The number of unbranched alkanes of at least 4 members (excludes halogenated alkanes) is 1. The maximum atomic E-state index is 14.0. The van der Waals surface area contributed by atoms with E-state index >= 15 is 0 Å². The molecule has 16 heteroatoms. The lowest BCUT2D eigenvalue weighted by Gasteiger charge is -2.60. The molecule has 1 aromatic carbocycles. The van der Waals surface area contributed by atoms with E-state index in [9.17, 15) is 24.3 Å². The fraction of sp³-hybridized carbons (Fsp3) is 0.711. The van der Waals surface area contributed by atoms with Crippen molar-refractivity contribution in [2.24, 2.45) is 29.1 Å². The van der Waals surface area contributed by atoms with Crippen molar-refractivity contribution in [2.75, 3.05) is 19.7 Å². The van der Waals surface area contributed by atoms with Crippen LogP contribution in [0.15, 0.2) is 29.8 Å². The van der Waals surface area contributed by atoms with Gasteiger partial charge in [0.2, 0.25) is 23.5 Å². The van der Waals surface area contributed by atoms with Gasteiger partial charge >= 0.3 is 6.09 Å². The quantitative estimate of drug-likeness (QED) is 0.134. The second-order valence-corrected chi connectivity index (χ2v) is 20.1. The number of likely N-dealkylation sites (tertiary alicyclic amines) is 1. The molecule has 1 saturated carbocycles. The number of carbonyl (C=O) groups is 4. The number of nitrogens with zero attached hydrogens (tertiary/aromatic N) is 2. The van der Waals surface area contributed by atoms with Gasteiger partial charge in [0, 0.05) is 51.2 Å². The van der Waals surface area contributed by atoms with E-state index in [0.717, 1.165) is 47.4 Å². The largest absolute Gasteiger partial charge is 0.449 e. The van der Waals surface area contributed by atoms with Crippen molar-refractivity contribution in [1.82, 2.24) is 25.8 Å². The third-order valence-corrected chi connectivity index (χ3v) is 14.7. The number of rotatable bonds is 14. The Morgan fingerprint density at radius 2 is 1.82 bits per heavy atom. The number of aliphatic hydroxyl groups excluding tert-OH is 1.